The highest BCUT2D eigenvalue weighted by Gasteiger charge is 2.09. The van der Waals surface area contributed by atoms with Gasteiger partial charge in [0.1, 0.15) is 0 Å². The van der Waals surface area contributed by atoms with Crippen LogP contribution < -0.4 is 11.5 Å². The molecule has 8 aromatic rings. The first-order valence-electron chi connectivity index (χ1n) is 12.5. The van der Waals surface area contributed by atoms with Gasteiger partial charge in [0.15, 0.2) is 0 Å². The fraction of sp³-hybridized carbons (Fsp3) is 0. The fourth-order valence-corrected chi connectivity index (χ4v) is 5.55. The van der Waals surface area contributed by atoms with Gasteiger partial charge in [-0.25, -0.2) is 0 Å². The lowest BCUT2D eigenvalue weighted by atomic mass is 9.92. The number of hydrogen-bond acceptors (Lipinski definition) is 2. The third-order valence-corrected chi connectivity index (χ3v) is 7.37. The molecule has 0 atom stereocenters. The van der Waals surface area contributed by atoms with Gasteiger partial charge in [0.05, 0.1) is 16.9 Å². The second-order valence-corrected chi connectivity index (χ2v) is 9.50. The highest BCUT2D eigenvalue weighted by molar-refractivity contribution is 6.27. The largest absolute Gasteiger partial charge is 0.397 e. The minimum atomic E-state index is 0.619. The van der Waals surface area contributed by atoms with Gasteiger partial charge in [-0.05, 0) is 67.4 Å². The van der Waals surface area contributed by atoms with Crippen molar-refractivity contribution in [1.29, 1.82) is 0 Å². The Bertz CT molecular complexity index is 2020. The molecule has 0 aliphatic carbocycles. The van der Waals surface area contributed by atoms with Crippen LogP contribution in [0.5, 0.6) is 0 Å². The summed E-state index contributed by atoms with van der Waals surface area (Å²) in [6.45, 7) is 0. The Kier molecular flexibility index (Phi) is 4.76. The first kappa shape index (κ1) is 21.3. The van der Waals surface area contributed by atoms with Gasteiger partial charge in [-0.3, -0.25) is 0 Å². The topological polar surface area (TPSA) is 67.8 Å². The maximum atomic E-state index is 5.93. The van der Waals surface area contributed by atoms with Gasteiger partial charge in [0.2, 0.25) is 0 Å². The zero-order valence-electron chi connectivity index (χ0n) is 20.2. The molecule has 3 nitrogen and oxygen atoms in total. The molecule has 8 rings (SSSR count). The smallest absolute Gasteiger partial charge is 0.0793 e. The molecule has 0 amide bonds. The number of anilines is 2. The highest BCUT2D eigenvalue weighted by Crippen LogP contribution is 2.37. The van der Waals surface area contributed by atoms with Gasteiger partial charge < -0.3 is 16.5 Å². The summed E-state index contributed by atoms with van der Waals surface area (Å²) < 4.78 is 0. The number of benzene rings is 7. The highest BCUT2D eigenvalue weighted by atomic mass is 14.8. The Hall–Kier alpha value is -5.02. The molecule has 0 radical (unpaired) electrons. The van der Waals surface area contributed by atoms with Crippen LogP contribution in [0.3, 0.4) is 0 Å². The molecule has 7 aromatic carbocycles. The van der Waals surface area contributed by atoms with E-state index in [1.807, 2.05) is 30.3 Å². The number of H-pyrrole nitrogens is 1. The van der Waals surface area contributed by atoms with Crippen molar-refractivity contribution in [2.75, 3.05) is 11.5 Å². The van der Waals surface area contributed by atoms with E-state index in [4.69, 9.17) is 11.5 Å². The molecule has 1 heterocycles. The lowest BCUT2D eigenvalue weighted by Crippen LogP contribution is -1.94. The zero-order valence-corrected chi connectivity index (χ0v) is 20.2. The fourth-order valence-electron chi connectivity index (χ4n) is 5.55. The molecule has 0 fully saturated rings. The lowest BCUT2D eigenvalue weighted by molar-refractivity contribution is 1.54. The summed E-state index contributed by atoms with van der Waals surface area (Å²) in [5.74, 6) is 0. The van der Waals surface area contributed by atoms with Crippen LogP contribution in [0.25, 0.3) is 64.9 Å². The molecule has 176 valence electrons. The SMILES string of the molecule is Nc1ccc2c([nH]c3ccccc32)c1N.c1ccc2cc3c4ccccc4c4ccccc4c3cc2c1. The minimum Gasteiger partial charge on any atom is -0.397 e. The number of para-hydroxylation sites is 1. The van der Waals surface area contributed by atoms with Gasteiger partial charge in [0, 0.05) is 16.3 Å². The summed E-state index contributed by atoms with van der Waals surface area (Å²) in [6, 6.07) is 42.7. The Morgan fingerprint density at radius 2 is 0.865 bits per heavy atom. The Labute approximate surface area is 213 Å². The minimum absolute atomic E-state index is 0.619. The van der Waals surface area contributed by atoms with Gasteiger partial charge in [-0.2, -0.15) is 0 Å². The van der Waals surface area contributed by atoms with Gasteiger partial charge in [-0.15, -0.1) is 0 Å². The molecular formula is C34H25N3. The van der Waals surface area contributed by atoms with Crippen LogP contribution in [0.4, 0.5) is 11.4 Å². The van der Waals surface area contributed by atoms with E-state index in [0.29, 0.717) is 11.4 Å². The van der Waals surface area contributed by atoms with Crippen molar-refractivity contribution in [2.45, 2.75) is 0 Å². The maximum absolute atomic E-state index is 5.93. The molecule has 5 N–H and O–H groups in total. The van der Waals surface area contributed by atoms with E-state index < -0.39 is 0 Å². The van der Waals surface area contributed by atoms with Crippen LogP contribution in [0.1, 0.15) is 0 Å². The second kappa shape index (κ2) is 8.28. The molecule has 3 heteroatoms. The van der Waals surface area contributed by atoms with Crippen LogP contribution in [0.2, 0.25) is 0 Å². The Morgan fingerprint density at radius 3 is 1.43 bits per heavy atom. The number of aromatic nitrogens is 1. The summed E-state index contributed by atoms with van der Waals surface area (Å²) >= 11 is 0. The molecule has 0 bridgehead atoms. The zero-order chi connectivity index (χ0) is 24.9. The van der Waals surface area contributed by atoms with Crippen molar-refractivity contribution in [1.82, 2.24) is 4.98 Å². The molecule has 0 aliphatic rings. The molecule has 0 unspecified atom stereocenters. The summed E-state index contributed by atoms with van der Waals surface area (Å²) in [6.07, 6.45) is 0. The molecule has 1 aromatic heterocycles. The lowest BCUT2D eigenvalue weighted by Gasteiger charge is -2.11. The van der Waals surface area contributed by atoms with Gasteiger partial charge >= 0.3 is 0 Å². The number of rotatable bonds is 0. The van der Waals surface area contributed by atoms with Crippen LogP contribution >= 0.6 is 0 Å². The second-order valence-electron chi connectivity index (χ2n) is 9.50. The third-order valence-electron chi connectivity index (χ3n) is 7.37. The van der Waals surface area contributed by atoms with Crippen molar-refractivity contribution in [3.05, 3.63) is 121 Å². The molecule has 0 aliphatic heterocycles. The van der Waals surface area contributed by atoms with E-state index >= 15 is 0 Å². The number of fused-ring (bicyclic) bond motifs is 10. The average Bonchev–Trinajstić information content (AvgIpc) is 3.34. The summed E-state index contributed by atoms with van der Waals surface area (Å²) in [5.41, 5.74) is 15.0. The van der Waals surface area contributed by atoms with Crippen LogP contribution in [-0.2, 0) is 0 Å². The molecular weight excluding hydrogens is 450 g/mol. The number of nitrogens with two attached hydrogens (primary N) is 2. The van der Waals surface area contributed by atoms with E-state index in [2.05, 4.69) is 96.0 Å². The van der Waals surface area contributed by atoms with Crippen molar-refractivity contribution in [3.8, 4) is 0 Å². The maximum Gasteiger partial charge on any atom is 0.0793 e. The monoisotopic (exact) mass is 475 g/mol. The van der Waals surface area contributed by atoms with Crippen molar-refractivity contribution < 1.29 is 0 Å². The van der Waals surface area contributed by atoms with E-state index in [0.717, 1.165) is 16.4 Å². The molecule has 0 spiro atoms. The van der Waals surface area contributed by atoms with E-state index in [-0.39, 0.29) is 0 Å². The number of nitrogens with one attached hydrogen (secondary N) is 1. The molecule has 37 heavy (non-hydrogen) atoms. The standard InChI is InChI=1S/C22H14.C12H11N3/c1-2-8-16-14-22-20-12-6-4-10-18(20)17-9-3-5-11-19(17)21(22)13-15(16)7-1;13-9-6-5-8-7-3-1-2-4-10(7)15-12(8)11(9)14/h1-14H;1-6,15H,13-14H2. The Morgan fingerprint density at radius 1 is 0.405 bits per heavy atom. The van der Waals surface area contributed by atoms with E-state index in [1.54, 1.807) is 0 Å². The van der Waals surface area contributed by atoms with Crippen molar-refractivity contribution in [3.63, 3.8) is 0 Å². The van der Waals surface area contributed by atoms with E-state index in [9.17, 15) is 0 Å². The van der Waals surface area contributed by atoms with E-state index in [1.165, 1.54) is 48.5 Å². The van der Waals surface area contributed by atoms with Crippen molar-refractivity contribution >= 4 is 76.3 Å². The average molecular weight is 476 g/mol. The quantitative estimate of drug-likeness (QED) is 0.117. The number of hydrogen-bond donors (Lipinski definition) is 3. The first-order valence-corrected chi connectivity index (χ1v) is 12.5. The predicted molar refractivity (Wildman–Crippen MR) is 161 cm³/mol. The normalized spacial score (nSPS) is 11.5. The third kappa shape index (κ3) is 3.36. The number of aromatic amines is 1. The molecule has 0 saturated heterocycles. The van der Waals surface area contributed by atoms with Crippen LogP contribution in [0.15, 0.2) is 121 Å². The van der Waals surface area contributed by atoms with Crippen LogP contribution in [0, 0.1) is 0 Å². The van der Waals surface area contributed by atoms with Gasteiger partial charge in [0.25, 0.3) is 0 Å². The predicted octanol–water partition coefficient (Wildman–Crippen LogP) is 8.78. The molecule has 0 saturated carbocycles. The first-order chi connectivity index (χ1) is 18.2. The van der Waals surface area contributed by atoms with Gasteiger partial charge in [-0.1, -0.05) is 97.1 Å². The summed E-state index contributed by atoms with van der Waals surface area (Å²) in [4.78, 5) is 3.28. The summed E-state index contributed by atoms with van der Waals surface area (Å²) in [5, 5.41) is 12.9. The van der Waals surface area contributed by atoms with Crippen LogP contribution in [-0.4, -0.2) is 4.98 Å². The van der Waals surface area contributed by atoms with Crippen molar-refractivity contribution in [2.24, 2.45) is 0 Å². The number of nitrogen functional groups attached to an aromatic ring is 2. The Balaban J connectivity index is 0.000000135. The summed E-state index contributed by atoms with van der Waals surface area (Å²) in [7, 11) is 0.